The van der Waals surface area contributed by atoms with E-state index >= 15 is 0 Å². The Hall–Kier alpha value is -0.850. The molecule has 2 aliphatic rings. The van der Waals surface area contributed by atoms with Crippen LogP contribution in [0.25, 0.3) is 0 Å². The van der Waals surface area contributed by atoms with Crippen molar-refractivity contribution in [2.45, 2.75) is 24.5 Å². The number of aliphatic imine (C=N–C) groups is 1. The zero-order valence-electron chi connectivity index (χ0n) is 6.25. The molecule has 2 rings (SSSR count). The Morgan fingerprint density at radius 3 is 2.92 bits per heavy atom. The van der Waals surface area contributed by atoms with E-state index in [2.05, 4.69) is 4.99 Å². The molecule has 4 N–H and O–H groups in total. The Morgan fingerprint density at radius 1 is 1.58 bits per heavy atom. The van der Waals surface area contributed by atoms with Gasteiger partial charge in [0.15, 0.2) is 12.3 Å². The van der Waals surface area contributed by atoms with Crippen LogP contribution in [0.4, 0.5) is 0 Å². The number of hydrogen-bond donors (Lipinski definition) is 3. The number of nitrogens with zero attached hydrogens (tertiary/aromatic N) is 1. The molecule has 4 atom stereocenters. The highest BCUT2D eigenvalue weighted by molar-refractivity contribution is 5.73. The molecule has 2 aliphatic heterocycles. The second-order valence-electron chi connectivity index (χ2n) is 2.79. The second-order valence-corrected chi connectivity index (χ2v) is 2.79. The van der Waals surface area contributed by atoms with Crippen molar-refractivity contribution in [3.05, 3.63) is 0 Å². The van der Waals surface area contributed by atoms with Gasteiger partial charge in [-0.1, -0.05) is 0 Å². The van der Waals surface area contributed by atoms with Crippen LogP contribution in [0.1, 0.15) is 0 Å². The van der Waals surface area contributed by atoms with Crippen molar-refractivity contribution in [2.75, 3.05) is 6.61 Å². The van der Waals surface area contributed by atoms with Crippen LogP contribution in [0.2, 0.25) is 0 Å². The summed E-state index contributed by atoms with van der Waals surface area (Å²) in [6, 6.07) is 0.0282. The lowest BCUT2D eigenvalue weighted by Gasteiger charge is -2.13. The smallest absolute Gasteiger partial charge is 0.285 e. The molecule has 0 saturated carbocycles. The van der Waals surface area contributed by atoms with Crippen molar-refractivity contribution >= 4 is 6.02 Å². The first-order chi connectivity index (χ1) is 5.72. The van der Waals surface area contributed by atoms with E-state index in [-0.39, 0.29) is 12.6 Å². The maximum absolute atomic E-state index is 9.44. The van der Waals surface area contributed by atoms with Crippen molar-refractivity contribution in [1.82, 2.24) is 0 Å². The molecule has 0 aromatic rings. The summed E-state index contributed by atoms with van der Waals surface area (Å²) in [6.45, 7) is -0.243. The zero-order chi connectivity index (χ0) is 8.72. The van der Waals surface area contributed by atoms with Crippen LogP contribution in [0.3, 0.4) is 0 Å². The van der Waals surface area contributed by atoms with Crippen molar-refractivity contribution in [1.29, 1.82) is 0 Å². The van der Waals surface area contributed by atoms with Crippen LogP contribution in [0.5, 0.6) is 0 Å². The van der Waals surface area contributed by atoms with Crippen LogP contribution < -0.4 is 5.73 Å². The SMILES string of the molecule is NC1=N[C@@H]2OC(CO)C(O)[C@@H]2O1. The topological polar surface area (TPSA) is 97.3 Å². The number of hydrogen-bond acceptors (Lipinski definition) is 6. The van der Waals surface area contributed by atoms with Gasteiger partial charge in [0.2, 0.25) is 0 Å². The van der Waals surface area contributed by atoms with E-state index in [9.17, 15) is 5.11 Å². The summed E-state index contributed by atoms with van der Waals surface area (Å²) in [6.07, 6.45) is -2.58. The van der Waals surface area contributed by atoms with Crippen molar-refractivity contribution in [3.8, 4) is 0 Å². The Morgan fingerprint density at radius 2 is 2.33 bits per heavy atom. The minimum Gasteiger partial charge on any atom is -0.454 e. The summed E-state index contributed by atoms with van der Waals surface area (Å²) >= 11 is 0. The van der Waals surface area contributed by atoms with Gasteiger partial charge in [-0.2, -0.15) is 4.99 Å². The molecule has 0 amide bonds. The third kappa shape index (κ3) is 0.961. The fraction of sp³-hybridized carbons (Fsp3) is 0.833. The molecule has 68 valence electrons. The molecule has 1 saturated heterocycles. The number of ether oxygens (including phenoxy) is 2. The molecule has 6 nitrogen and oxygen atoms in total. The molecular formula is C6H10N2O4. The standard InChI is InChI=1S/C6H10N2O4/c7-6-8-5-4(12-6)3(10)2(1-9)11-5/h2-5,9-10H,1H2,(H2,7,8)/t2?,3?,4-,5+/m0/s1. The molecule has 2 heterocycles. The van der Waals surface area contributed by atoms with Crippen LogP contribution in [0.15, 0.2) is 4.99 Å². The average Bonchev–Trinajstić information content (AvgIpc) is 2.51. The quantitative estimate of drug-likeness (QED) is 0.418. The van der Waals surface area contributed by atoms with E-state index in [1.165, 1.54) is 0 Å². The lowest BCUT2D eigenvalue weighted by Crippen LogP contribution is -2.35. The van der Waals surface area contributed by atoms with E-state index < -0.39 is 24.5 Å². The van der Waals surface area contributed by atoms with Gasteiger partial charge >= 0.3 is 0 Å². The Balaban J connectivity index is 2.10. The predicted octanol–water partition coefficient (Wildman–Crippen LogP) is -2.22. The molecule has 0 aromatic carbocycles. The normalized spacial score (nSPS) is 45.3. The third-order valence-corrected chi connectivity index (χ3v) is 2.00. The minimum absolute atomic E-state index is 0.0282. The fourth-order valence-corrected chi connectivity index (χ4v) is 1.40. The monoisotopic (exact) mass is 174 g/mol. The second kappa shape index (κ2) is 2.58. The van der Waals surface area contributed by atoms with Gasteiger partial charge < -0.3 is 25.4 Å². The summed E-state index contributed by atoms with van der Waals surface area (Å²) in [5, 5.41) is 18.2. The number of nitrogens with two attached hydrogens (primary N) is 1. The Bertz CT molecular complexity index is 220. The maximum atomic E-state index is 9.44. The van der Waals surface area contributed by atoms with E-state index in [1.54, 1.807) is 0 Å². The van der Waals surface area contributed by atoms with Gasteiger partial charge in [0.25, 0.3) is 6.02 Å². The molecule has 6 heteroatoms. The third-order valence-electron chi connectivity index (χ3n) is 2.00. The van der Waals surface area contributed by atoms with Crippen LogP contribution in [-0.4, -0.2) is 47.4 Å². The molecule has 0 aliphatic carbocycles. The van der Waals surface area contributed by atoms with Gasteiger partial charge in [-0.15, -0.1) is 0 Å². The molecular weight excluding hydrogens is 164 g/mol. The molecule has 0 spiro atoms. The van der Waals surface area contributed by atoms with Crippen LogP contribution in [-0.2, 0) is 9.47 Å². The predicted molar refractivity (Wildman–Crippen MR) is 38.2 cm³/mol. The summed E-state index contributed by atoms with van der Waals surface area (Å²) < 4.78 is 10.1. The van der Waals surface area contributed by atoms with Gasteiger partial charge in [0.1, 0.15) is 12.2 Å². The maximum Gasteiger partial charge on any atom is 0.285 e. The summed E-state index contributed by atoms with van der Waals surface area (Å²) in [5.74, 6) is 0. The Labute approximate surface area is 68.6 Å². The molecule has 0 aromatic heterocycles. The zero-order valence-corrected chi connectivity index (χ0v) is 6.25. The highest BCUT2D eigenvalue weighted by atomic mass is 16.6. The molecule has 0 bridgehead atoms. The number of fused-ring (bicyclic) bond motifs is 1. The minimum atomic E-state index is -0.857. The first-order valence-corrected chi connectivity index (χ1v) is 3.66. The summed E-state index contributed by atoms with van der Waals surface area (Å²) in [7, 11) is 0. The molecule has 0 radical (unpaired) electrons. The Kier molecular flexibility index (Phi) is 1.67. The van der Waals surface area contributed by atoms with Gasteiger partial charge in [0.05, 0.1) is 6.61 Å². The van der Waals surface area contributed by atoms with E-state index in [0.717, 1.165) is 0 Å². The highest BCUT2D eigenvalue weighted by Crippen LogP contribution is 2.28. The number of rotatable bonds is 1. The first-order valence-electron chi connectivity index (χ1n) is 3.66. The lowest BCUT2D eigenvalue weighted by molar-refractivity contribution is -0.0206. The number of aliphatic hydroxyl groups excluding tert-OH is 2. The average molecular weight is 174 g/mol. The summed E-state index contributed by atoms with van der Waals surface area (Å²) in [5.41, 5.74) is 5.25. The van der Waals surface area contributed by atoms with Gasteiger partial charge in [-0.25, -0.2) is 0 Å². The number of amidine groups is 1. The van der Waals surface area contributed by atoms with Gasteiger partial charge in [0, 0.05) is 0 Å². The van der Waals surface area contributed by atoms with E-state index in [4.69, 9.17) is 20.3 Å². The highest BCUT2D eigenvalue weighted by Gasteiger charge is 2.48. The lowest BCUT2D eigenvalue weighted by atomic mass is 10.1. The number of aliphatic hydroxyl groups is 2. The molecule has 12 heavy (non-hydrogen) atoms. The van der Waals surface area contributed by atoms with Crippen LogP contribution >= 0.6 is 0 Å². The van der Waals surface area contributed by atoms with Gasteiger partial charge in [-0.3, -0.25) is 0 Å². The first kappa shape index (κ1) is 7.78. The molecule has 1 fully saturated rings. The van der Waals surface area contributed by atoms with Crippen molar-refractivity contribution < 1.29 is 19.7 Å². The van der Waals surface area contributed by atoms with Gasteiger partial charge in [-0.05, 0) is 0 Å². The van der Waals surface area contributed by atoms with Crippen LogP contribution in [0, 0.1) is 0 Å². The van der Waals surface area contributed by atoms with Crippen molar-refractivity contribution in [2.24, 2.45) is 10.7 Å². The largest absolute Gasteiger partial charge is 0.454 e. The van der Waals surface area contributed by atoms with E-state index in [1.807, 2.05) is 0 Å². The van der Waals surface area contributed by atoms with Crippen molar-refractivity contribution in [3.63, 3.8) is 0 Å². The fourth-order valence-electron chi connectivity index (χ4n) is 1.40. The molecule has 2 unspecified atom stereocenters. The summed E-state index contributed by atoms with van der Waals surface area (Å²) in [4.78, 5) is 3.78. The van der Waals surface area contributed by atoms with E-state index in [0.29, 0.717) is 0 Å².